The fraction of sp³-hybridized carbons (Fsp3) is 0.667. The number of halogens is 2. The van der Waals surface area contributed by atoms with E-state index in [4.69, 9.17) is 4.52 Å². The first-order valence-corrected chi connectivity index (χ1v) is 4.86. The highest BCUT2D eigenvalue weighted by Gasteiger charge is 2.30. The maximum absolute atomic E-state index is 12.5. The summed E-state index contributed by atoms with van der Waals surface area (Å²) >= 11 is 0. The highest BCUT2D eigenvalue weighted by molar-refractivity contribution is 4.86. The lowest BCUT2D eigenvalue weighted by atomic mass is 10.00. The van der Waals surface area contributed by atoms with Crippen LogP contribution in [-0.2, 0) is 0 Å². The monoisotopic (exact) mass is 218 g/mol. The fourth-order valence-corrected chi connectivity index (χ4v) is 1.88. The molecule has 1 N–H and O–H groups in total. The zero-order chi connectivity index (χ0) is 10.8. The molecular formula is C9H12F2N2O2. The van der Waals surface area contributed by atoms with Gasteiger partial charge in [0.25, 0.3) is 12.0 Å². The van der Waals surface area contributed by atoms with E-state index in [1.807, 2.05) is 0 Å². The molecule has 2 atom stereocenters. The van der Waals surface area contributed by atoms with Crippen molar-refractivity contribution in [3.05, 3.63) is 22.7 Å². The average Bonchev–Trinajstić information content (AvgIpc) is 2.64. The molecule has 4 nitrogen and oxygen atoms in total. The summed E-state index contributed by atoms with van der Waals surface area (Å²) in [5.41, 5.74) is -0.269. The molecule has 15 heavy (non-hydrogen) atoms. The number of nitrogens with one attached hydrogen (secondary N) is 1. The van der Waals surface area contributed by atoms with E-state index in [2.05, 4.69) is 5.32 Å². The minimum atomic E-state index is -2.40. The van der Waals surface area contributed by atoms with Gasteiger partial charge < -0.3 is 9.84 Å². The SMILES string of the molecule is O=c1ccon1[C@@H]1CCN[C@@H](C(F)F)C1. The van der Waals surface area contributed by atoms with Crippen LogP contribution in [0.25, 0.3) is 0 Å². The molecule has 0 bridgehead atoms. The van der Waals surface area contributed by atoms with E-state index < -0.39 is 12.5 Å². The Morgan fingerprint density at radius 2 is 2.40 bits per heavy atom. The third kappa shape index (κ3) is 2.09. The van der Waals surface area contributed by atoms with Crippen LogP contribution in [0.4, 0.5) is 8.78 Å². The van der Waals surface area contributed by atoms with Crippen LogP contribution in [-0.4, -0.2) is 23.8 Å². The quantitative estimate of drug-likeness (QED) is 0.805. The van der Waals surface area contributed by atoms with Crippen LogP contribution < -0.4 is 10.9 Å². The highest BCUT2D eigenvalue weighted by Crippen LogP contribution is 2.23. The van der Waals surface area contributed by atoms with Gasteiger partial charge in [-0.25, -0.2) is 8.78 Å². The molecule has 1 aromatic rings. The summed E-state index contributed by atoms with van der Waals surface area (Å²) in [4.78, 5) is 11.3. The van der Waals surface area contributed by atoms with Crippen LogP contribution in [0.2, 0.25) is 0 Å². The molecule has 0 amide bonds. The first kappa shape index (κ1) is 10.4. The van der Waals surface area contributed by atoms with Gasteiger partial charge in [-0.2, -0.15) is 4.74 Å². The molecule has 1 aliphatic heterocycles. The third-order valence-electron chi connectivity index (χ3n) is 2.65. The minimum absolute atomic E-state index is 0.227. The van der Waals surface area contributed by atoms with Gasteiger partial charge in [0.05, 0.1) is 12.1 Å². The lowest BCUT2D eigenvalue weighted by Gasteiger charge is -2.29. The first-order valence-electron chi connectivity index (χ1n) is 4.86. The van der Waals surface area contributed by atoms with E-state index in [0.717, 1.165) is 0 Å². The average molecular weight is 218 g/mol. The Bertz CT molecular complexity index is 374. The molecule has 0 spiro atoms. The molecule has 2 rings (SSSR count). The molecule has 6 heteroatoms. The number of hydrogen-bond acceptors (Lipinski definition) is 3. The summed E-state index contributed by atoms with van der Waals surface area (Å²) in [7, 11) is 0. The van der Waals surface area contributed by atoms with E-state index >= 15 is 0 Å². The molecule has 0 aliphatic carbocycles. The number of nitrogens with zero attached hydrogens (tertiary/aromatic N) is 1. The van der Waals surface area contributed by atoms with Crippen molar-refractivity contribution in [2.24, 2.45) is 0 Å². The van der Waals surface area contributed by atoms with Gasteiger partial charge in [-0.3, -0.25) is 4.79 Å². The predicted molar refractivity (Wildman–Crippen MR) is 49.0 cm³/mol. The normalized spacial score (nSPS) is 27.1. The van der Waals surface area contributed by atoms with E-state index in [1.165, 1.54) is 17.1 Å². The van der Waals surface area contributed by atoms with Crippen LogP contribution in [0.3, 0.4) is 0 Å². The lowest BCUT2D eigenvalue weighted by molar-refractivity contribution is 0.0580. The van der Waals surface area contributed by atoms with Gasteiger partial charge in [-0.05, 0) is 19.4 Å². The lowest BCUT2D eigenvalue weighted by Crippen LogP contribution is -2.44. The topological polar surface area (TPSA) is 47.2 Å². The van der Waals surface area contributed by atoms with Gasteiger partial charge in [0.2, 0.25) is 0 Å². The Hall–Kier alpha value is -1.17. The van der Waals surface area contributed by atoms with Gasteiger partial charge >= 0.3 is 0 Å². The van der Waals surface area contributed by atoms with Crippen molar-refractivity contribution in [3.63, 3.8) is 0 Å². The van der Waals surface area contributed by atoms with Gasteiger partial charge in [-0.1, -0.05) is 0 Å². The molecule has 1 aromatic heterocycles. The Balaban J connectivity index is 2.11. The number of alkyl halides is 2. The Morgan fingerprint density at radius 3 is 3.00 bits per heavy atom. The fourth-order valence-electron chi connectivity index (χ4n) is 1.88. The van der Waals surface area contributed by atoms with Crippen molar-refractivity contribution in [1.82, 2.24) is 10.1 Å². The van der Waals surface area contributed by atoms with Crippen molar-refractivity contribution >= 4 is 0 Å². The molecular weight excluding hydrogens is 206 g/mol. The van der Waals surface area contributed by atoms with Crippen LogP contribution in [0, 0.1) is 0 Å². The minimum Gasteiger partial charge on any atom is -0.384 e. The third-order valence-corrected chi connectivity index (χ3v) is 2.65. The zero-order valence-electron chi connectivity index (χ0n) is 8.03. The number of piperidine rings is 1. The van der Waals surface area contributed by atoms with Crippen molar-refractivity contribution < 1.29 is 13.3 Å². The van der Waals surface area contributed by atoms with E-state index in [-0.39, 0.29) is 18.0 Å². The molecule has 0 aromatic carbocycles. The predicted octanol–water partition coefficient (Wildman–Crippen LogP) is 0.999. The highest BCUT2D eigenvalue weighted by atomic mass is 19.3. The second-order valence-corrected chi connectivity index (χ2v) is 3.65. The Labute approximate surface area is 84.8 Å². The van der Waals surface area contributed by atoms with Crippen molar-refractivity contribution in [2.45, 2.75) is 31.4 Å². The van der Waals surface area contributed by atoms with Crippen LogP contribution in [0.15, 0.2) is 21.6 Å². The molecule has 0 saturated carbocycles. The van der Waals surface area contributed by atoms with Crippen LogP contribution >= 0.6 is 0 Å². The van der Waals surface area contributed by atoms with Gasteiger partial charge in [0.1, 0.15) is 6.26 Å². The maximum Gasteiger partial charge on any atom is 0.282 e. The summed E-state index contributed by atoms with van der Waals surface area (Å²) < 4.78 is 31.1. The molecule has 1 saturated heterocycles. The zero-order valence-corrected chi connectivity index (χ0v) is 8.03. The van der Waals surface area contributed by atoms with Gasteiger partial charge in [0.15, 0.2) is 0 Å². The first-order chi connectivity index (χ1) is 7.18. The number of hydrogen-bond donors (Lipinski definition) is 1. The van der Waals surface area contributed by atoms with Crippen molar-refractivity contribution in [1.29, 1.82) is 0 Å². The summed E-state index contributed by atoms with van der Waals surface area (Å²) in [6, 6.07) is 0.188. The molecule has 0 radical (unpaired) electrons. The summed E-state index contributed by atoms with van der Waals surface area (Å²) in [6.45, 7) is 0.479. The van der Waals surface area contributed by atoms with E-state index in [9.17, 15) is 13.6 Å². The summed E-state index contributed by atoms with van der Waals surface area (Å²) in [5.74, 6) is 0. The summed E-state index contributed by atoms with van der Waals surface area (Å²) in [5, 5.41) is 2.72. The Morgan fingerprint density at radius 1 is 1.60 bits per heavy atom. The molecule has 2 heterocycles. The molecule has 1 aliphatic rings. The smallest absolute Gasteiger partial charge is 0.282 e. The van der Waals surface area contributed by atoms with Crippen LogP contribution in [0.1, 0.15) is 18.9 Å². The molecule has 0 unspecified atom stereocenters. The van der Waals surface area contributed by atoms with Gasteiger partial charge in [-0.15, -0.1) is 0 Å². The number of rotatable bonds is 2. The maximum atomic E-state index is 12.5. The molecule has 1 fully saturated rings. The number of aromatic nitrogens is 1. The standard InChI is InChI=1S/C9H12F2N2O2/c10-9(11)7-5-6(1-3-12-7)13-8(14)2-4-15-13/h2,4,6-7,9,12H,1,3,5H2/t6-,7-/m1/s1. The Kier molecular flexibility index (Phi) is 2.86. The second-order valence-electron chi connectivity index (χ2n) is 3.65. The van der Waals surface area contributed by atoms with Crippen molar-refractivity contribution in [2.75, 3.05) is 6.54 Å². The molecule has 84 valence electrons. The largest absolute Gasteiger partial charge is 0.384 e. The summed E-state index contributed by atoms with van der Waals surface area (Å²) in [6.07, 6.45) is -0.262. The second kappa shape index (κ2) is 4.14. The van der Waals surface area contributed by atoms with Gasteiger partial charge in [0, 0.05) is 6.07 Å². The van der Waals surface area contributed by atoms with E-state index in [0.29, 0.717) is 13.0 Å². The van der Waals surface area contributed by atoms with Crippen molar-refractivity contribution in [3.8, 4) is 0 Å². The van der Waals surface area contributed by atoms with E-state index in [1.54, 1.807) is 0 Å². The van der Waals surface area contributed by atoms with Crippen LogP contribution in [0.5, 0.6) is 0 Å².